The fraction of sp³-hybridized carbons (Fsp3) is 0.571. The van der Waals surface area contributed by atoms with Gasteiger partial charge in [0.05, 0.1) is 7.11 Å². The molecule has 0 bridgehead atoms. The lowest BCUT2D eigenvalue weighted by Crippen LogP contribution is -2.25. The van der Waals surface area contributed by atoms with Crippen LogP contribution < -0.4 is 10.1 Å². The summed E-state index contributed by atoms with van der Waals surface area (Å²) in [6.45, 7) is 0.670. The van der Waals surface area contributed by atoms with E-state index in [0.29, 0.717) is 19.0 Å². The third-order valence-electron chi connectivity index (χ3n) is 5.28. The minimum Gasteiger partial charge on any atom is -0.497 e. The molecule has 0 aliphatic heterocycles. The number of aromatic nitrogens is 3. The zero-order chi connectivity index (χ0) is 19.8. The molecule has 2 aromatic rings. The van der Waals surface area contributed by atoms with Gasteiger partial charge < -0.3 is 14.6 Å². The number of nitrogens with one attached hydrogen (secondary N) is 1. The zero-order valence-electron chi connectivity index (χ0n) is 16.8. The van der Waals surface area contributed by atoms with Crippen molar-refractivity contribution in [2.75, 3.05) is 19.9 Å². The Balaban J connectivity index is 1.42. The average molecular weight is 403 g/mol. The summed E-state index contributed by atoms with van der Waals surface area (Å²) in [5.74, 6) is 1.97. The first-order valence-electron chi connectivity index (χ1n) is 10.1. The molecule has 1 N–H and O–H groups in total. The Morgan fingerprint density at radius 2 is 2.11 bits per heavy atom. The fourth-order valence-electron chi connectivity index (χ4n) is 3.79. The average Bonchev–Trinajstić information content (AvgIpc) is 3.39. The number of hydrogen-bond donors (Lipinski definition) is 1. The summed E-state index contributed by atoms with van der Waals surface area (Å²) in [5, 5.41) is 12.8. The second kappa shape index (κ2) is 10.5. The van der Waals surface area contributed by atoms with Crippen LogP contribution >= 0.6 is 11.8 Å². The molecular formula is C21H30N4O2S. The predicted molar refractivity (Wildman–Crippen MR) is 112 cm³/mol. The van der Waals surface area contributed by atoms with Gasteiger partial charge in [-0.15, -0.1) is 10.2 Å². The van der Waals surface area contributed by atoms with Crippen LogP contribution in [0.25, 0.3) is 0 Å². The Morgan fingerprint density at radius 3 is 2.86 bits per heavy atom. The molecular weight excluding hydrogens is 372 g/mol. The van der Waals surface area contributed by atoms with Gasteiger partial charge in [0.25, 0.3) is 0 Å². The highest BCUT2D eigenvalue weighted by Crippen LogP contribution is 2.33. The van der Waals surface area contributed by atoms with E-state index in [2.05, 4.69) is 26.3 Å². The SMILES string of the molecule is COc1cccc(CCC(=O)NCCCc2nnc(SC)n2C2CCCC2)c1. The largest absolute Gasteiger partial charge is 0.497 e. The first kappa shape index (κ1) is 20.7. The normalized spacial score (nSPS) is 14.4. The first-order valence-corrected chi connectivity index (χ1v) is 11.3. The fourth-order valence-corrected chi connectivity index (χ4v) is 4.37. The number of nitrogens with zero attached hydrogens (tertiary/aromatic N) is 3. The molecule has 152 valence electrons. The van der Waals surface area contributed by atoms with Crippen molar-refractivity contribution in [1.82, 2.24) is 20.1 Å². The Bertz CT molecular complexity index is 772. The van der Waals surface area contributed by atoms with Crippen molar-refractivity contribution in [3.8, 4) is 5.75 Å². The number of carbonyl (C=O) groups is 1. The van der Waals surface area contributed by atoms with E-state index >= 15 is 0 Å². The van der Waals surface area contributed by atoms with E-state index in [4.69, 9.17) is 4.74 Å². The first-order chi connectivity index (χ1) is 13.7. The minimum atomic E-state index is 0.0879. The maximum Gasteiger partial charge on any atom is 0.220 e. The van der Waals surface area contributed by atoms with Crippen molar-refractivity contribution < 1.29 is 9.53 Å². The third kappa shape index (κ3) is 5.50. The lowest BCUT2D eigenvalue weighted by molar-refractivity contribution is -0.121. The molecule has 28 heavy (non-hydrogen) atoms. The van der Waals surface area contributed by atoms with E-state index in [1.807, 2.05) is 24.3 Å². The van der Waals surface area contributed by atoms with Gasteiger partial charge in [0, 0.05) is 25.4 Å². The number of aryl methyl sites for hydroxylation is 2. The molecule has 7 heteroatoms. The standard InChI is InChI=1S/C21H30N4O2S/c1-27-18-10-5-7-16(15-18)12-13-20(26)22-14-6-11-19-23-24-21(28-2)25(19)17-8-3-4-9-17/h5,7,10,15,17H,3-4,6,8-9,11-14H2,1-2H3,(H,22,26). The molecule has 1 saturated carbocycles. The topological polar surface area (TPSA) is 69.0 Å². The number of hydrogen-bond acceptors (Lipinski definition) is 5. The molecule has 1 aromatic carbocycles. The maximum atomic E-state index is 12.1. The Morgan fingerprint density at radius 1 is 1.29 bits per heavy atom. The van der Waals surface area contributed by atoms with Crippen LogP contribution in [0.2, 0.25) is 0 Å². The van der Waals surface area contributed by atoms with Crippen LogP contribution in [0.5, 0.6) is 5.75 Å². The molecule has 1 aromatic heterocycles. The van der Waals surface area contributed by atoms with Crippen LogP contribution in [0.1, 0.15) is 56.0 Å². The highest BCUT2D eigenvalue weighted by Gasteiger charge is 2.23. The van der Waals surface area contributed by atoms with E-state index in [1.165, 1.54) is 25.7 Å². The van der Waals surface area contributed by atoms with Crippen molar-refractivity contribution >= 4 is 17.7 Å². The van der Waals surface area contributed by atoms with E-state index in [-0.39, 0.29) is 5.91 Å². The molecule has 0 atom stereocenters. The van der Waals surface area contributed by atoms with Crippen LogP contribution in [-0.2, 0) is 17.6 Å². The van der Waals surface area contributed by atoms with Crippen LogP contribution in [0.15, 0.2) is 29.4 Å². The molecule has 1 amide bonds. The van der Waals surface area contributed by atoms with Crippen molar-refractivity contribution in [2.45, 2.75) is 62.6 Å². The molecule has 1 heterocycles. The zero-order valence-corrected chi connectivity index (χ0v) is 17.6. The van der Waals surface area contributed by atoms with E-state index in [0.717, 1.165) is 41.6 Å². The summed E-state index contributed by atoms with van der Waals surface area (Å²) in [4.78, 5) is 12.1. The Hall–Kier alpha value is -2.02. The summed E-state index contributed by atoms with van der Waals surface area (Å²) in [5.41, 5.74) is 1.11. The van der Waals surface area contributed by atoms with Gasteiger partial charge in [-0.2, -0.15) is 0 Å². The van der Waals surface area contributed by atoms with Crippen LogP contribution in [-0.4, -0.2) is 40.6 Å². The third-order valence-corrected chi connectivity index (χ3v) is 5.93. The summed E-state index contributed by atoms with van der Waals surface area (Å²) >= 11 is 1.66. The van der Waals surface area contributed by atoms with Crippen molar-refractivity contribution in [1.29, 1.82) is 0 Å². The summed E-state index contributed by atoms with van der Waals surface area (Å²) in [7, 11) is 1.65. The maximum absolute atomic E-state index is 12.1. The van der Waals surface area contributed by atoms with Crippen molar-refractivity contribution in [2.24, 2.45) is 0 Å². The Labute approximate surface area is 171 Å². The second-order valence-electron chi connectivity index (χ2n) is 7.22. The van der Waals surface area contributed by atoms with Crippen molar-refractivity contribution in [3.63, 3.8) is 0 Å². The van der Waals surface area contributed by atoms with Gasteiger partial charge >= 0.3 is 0 Å². The summed E-state index contributed by atoms with van der Waals surface area (Å²) in [6, 6.07) is 8.41. The monoisotopic (exact) mass is 402 g/mol. The van der Waals surface area contributed by atoms with E-state index in [1.54, 1.807) is 18.9 Å². The molecule has 1 aliphatic rings. The van der Waals surface area contributed by atoms with Crippen LogP contribution in [0, 0.1) is 0 Å². The molecule has 0 saturated heterocycles. The summed E-state index contributed by atoms with van der Waals surface area (Å²) < 4.78 is 7.56. The number of carbonyl (C=O) groups excluding carboxylic acids is 1. The number of thioether (sulfide) groups is 1. The molecule has 0 spiro atoms. The van der Waals surface area contributed by atoms with Gasteiger partial charge in [0.2, 0.25) is 5.91 Å². The van der Waals surface area contributed by atoms with Gasteiger partial charge in [-0.25, -0.2) is 0 Å². The van der Waals surface area contributed by atoms with E-state index < -0.39 is 0 Å². The van der Waals surface area contributed by atoms with E-state index in [9.17, 15) is 4.79 Å². The number of amides is 1. The molecule has 0 radical (unpaired) electrons. The highest BCUT2D eigenvalue weighted by molar-refractivity contribution is 7.98. The lowest BCUT2D eigenvalue weighted by atomic mass is 10.1. The summed E-state index contributed by atoms with van der Waals surface area (Å²) in [6.07, 6.45) is 10.0. The number of rotatable bonds is 10. The molecule has 1 aliphatic carbocycles. The molecule has 1 fully saturated rings. The van der Waals surface area contributed by atoms with Gasteiger partial charge in [-0.1, -0.05) is 36.7 Å². The number of ether oxygens (including phenoxy) is 1. The van der Waals surface area contributed by atoms with Crippen LogP contribution in [0.3, 0.4) is 0 Å². The molecule has 6 nitrogen and oxygen atoms in total. The van der Waals surface area contributed by atoms with Crippen LogP contribution in [0.4, 0.5) is 0 Å². The lowest BCUT2D eigenvalue weighted by Gasteiger charge is -2.16. The molecule has 3 rings (SSSR count). The second-order valence-corrected chi connectivity index (χ2v) is 7.99. The van der Waals surface area contributed by atoms with Gasteiger partial charge in [-0.3, -0.25) is 4.79 Å². The smallest absolute Gasteiger partial charge is 0.220 e. The van der Waals surface area contributed by atoms with Gasteiger partial charge in [0.15, 0.2) is 5.16 Å². The predicted octanol–water partition coefficient (Wildman–Crippen LogP) is 3.81. The Kier molecular flexibility index (Phi) is 7.77. The van der Waals surface area contributed by atoms with Gasteiger partial charge in [0.1, 0.15) is 11.6 Å². The molecule has 0 unspecified atom stereocenters. The van der Waals surface area contributed by atoms with Crippen molar-refractivity contribution in [3.05, 3.63) is 35.7 Å². The highest BCUT2D eigenvalue weighted by atomic mass is 32.2. The minimum absolute atomic E-state index is 0.0879. The quantitative estimate of drug-likeness (QED) is 0.483. The van der Waals surface area contributed by atoms with Gasteiger partial charge in [-0.05, 0) is 49.6 Å². The number of benzene rings is 1. The number of methoxy groups -OCH3 is 1.